The van der Waals surface area contributed by atoms with Crippen molar-refractivity contribution < 1.29 is 23.5 Å². The van der Waals surface area contributed by atoms with Gasteiger partial charge in [-0.25, -0.2) is 4.39 Å². The second kappa shape index (κ2) is 6.31. The van der Waals surface area contributed by atoms with Crippen molar-refractivity contribution in [2.75, 3.05) is 12.0 Å². The summed E-state index contributed by atoms with van der Waals surface area (Å²) in [4.78, 5) is 25.1. The summed E-state index contributed by atoms with van der Waals surface area (Å²) in [6.07, 6.45) is -1.03. The van der Waals surface area contributed by atoms with Crippen LogP contribution in [0.15, 0.2) is 48.5 Å². The number of methoxy groups -OCH3 is 1. The second-order valence-corrected chi connectivity index (χ2v) is 5.40. The van der Waals surface area contributed by atoms with Crippen LogP contribution in [0.3, 0.4) is 0 Å². The Morgan fingerprint density at radius 1 is 1.12 bits per heavy atom. The number of β-lactam (4-membered cyclic amide) rings is 1. The summed E-state index contributed by atoms with van der Waals surface area (Å²) in [6, 6.07) is 12.3. The molecule has 2 aromatic carbocycles. The van der Waals surface area contributed by atoms with E-state index in [0.29, 0.717) is 17.0 Å². The summed E-state index contributed by atoms with van der Waals surface area (Å²) in [7, 11) is 1.54. The van der Waals surface area contributed by atoms with Crippen molar-refractivity contribution in [3.63, 3.8) is 0 Å². The topological polar surface area (TPSA) is 55.8 Å². The molecule has 124 valence electrons. The largest absolute Gasteiger partial charge is 0.497 e. The summed E-state index contributed by atoms with van der Waals surface area (Å²) < 4.78 is 24.4. The highest BCUT2D eigenvalue weighted by molar-refractivity contribution is 6.06. The lowest BCUT2D eigenvalue weighted by Crippen LogP contribution is -2.60. The molecule has 1 fully saturated rings. The number of ether oxygens (including phenoxy) is 2. The van der Waals surface area contributed by atoms with E-state index >= 15 is 0 Å². The van der Waals surface area contributed by atoms with E-state index < -0.39 is 23.9 Å². The quantitative estimate of drug-likeness (QED) is 0.639. The van der Waals surface area contributed by atoms with Gasteiger partial charge in [-0.1, -0.05) is 18.2 Å². The Kier molecular flexibility index (Phi) is 4.20. The first-order valence-electron chi connectivity index (χ1n) is 7.41. The monoisotopic (exact) mass is 329 g/mol. The molecule has 0 aromatic heterocycles. The molecule has 0 radical (unpaired) electrons. The predicted molar refractivity (Wildman–Crippen MR) is 85.2 cm³/mol. The van der Waals surface area contributed by atoms with Gasteiger partial charge < -0.3 is 9.47 Å². The van der Waals surface area contributed by atoms with E-state index in [1.165, 1.54) is 17.9 Å². The van der Waals surface area contributed by atoms with Crippen molar-refractivity contribution in [3.8, 4) is 5.75 Å². The molecular formula is C18H16FNO4. The van der Waals surface area contributed by atoms with Gasteiger partial charge in [-0.05, 0) is 30.3 Å². The minimum Gasteiger partial charge on any atom is -0.497 e. The number of carbonyl (C=O) groups is 2. The molecule has 6 heteroatoms. The van der Waals surface area contributed by atoms with E-state index in [2.05, 4.69) is 0 Å². The summed E-state index contributed by atoms with van der Waals surface area (Å²) in [5.41, 5.74) is 0.886. The third kappa shape index (κ3) is 2.71. The lowest BCUT2D eigenvalue weighted by Gasteiger charge is -2.46. The summed E-state index contributed by atoms with van der Waals surface area (Å²) >= 11 is 0. The normalized spacial score (nSPS) is 19.6. The number of anilines is 1. The zero-order valence-electron chi connectivity index (χ0n) is 13.2. The molecule has 24 heavy (non-hydrogen) atoms. The van der Waals surface area contributed by atoms with E-state index in [0.717, 1.165) is 0 Å². The van der Waals surface area contributed by atoms with Gasteiger partial charge in [0.1, 0.15) is 17.6 Å². The number of carbonyl (C=O) groups excluding carboxylic acids is 2. The van der Waals surface area contributed by atoms with E-state index in [-0.39, 0.29) is 5.91 Å². The van der Waals surface area contributed by atoms with E-state index in [4.69, 9.17) is 9.47 Å². The SMILES string of the molecule is COc1ccc(N2C(=O)[C@@H](OC(C)=O)[C@H]2c2ccccc2F)cc1. The van der Waals surface area contributed by atoms with Crippen LogP contribution in [-0.2, 0) is 14.3 Å². The molecule has 1 saturated heterocycles. The lowest BCUT2D eigenvalue weighted by molar-refractivity contribution is -0.160. The van der Waals surface area contributed by atoms with Gasteiger partial charge in [-0.3, -0.25) is 14.5 Å². The van der Waals surface area contributed by atoms with Gasteiger partial charge in [-0.15, -0.1) is 0 Å². The van der Waals surface area contributed by atoms with Gasteiger partial charge >= 0.3 is 5.97 Å². The number of halogens is 1. The van der Waals surface area contributed by atoms with Crippen LogP contribution in [0.4, 0.5) is 10.1 Å². The highest BCUT2D eigenvalue weighted by Gasteiger charge is 2.52. The second-order valence-electron chi connectivity index (χ2n) is 5.40. The molecule has 5 nitrogen and oxygen atoms in total. The molecule has 1 heterocycles. The van der Waals surface area contributed by atoms with Crippen LogP contribution in [-0.4, -0.2) is 25.1 Å². The number of benzene rings is 2. The molecule has 2 atom stereocenters. The molecule has 0 aliphatic carbocycles. The van der Waals surface area contributed by atoms with Crippen LogP contribution in [0, 0.1) is 5.82 Å². The van der Waals surface area contributed by atoms with Crippen molar-refractivity contribution in [2.24, 2.45) is 0 Å². The lowest BCUT2D eigenvalue weighted by atomic mass is 9.89. The average molecular weight is 329 g/mol. The molecule has 0 unspecified atom stereocenters. The van der Waals surface area contributed by atoms with Crippen molar-refractivity contribution in [2.45, 2.75) is 19.1 Å². The maximum absolute atomic E-state index is 14.2. The Balaban J connectivity index is 1.99. The fraction of sp³-hybridized carbons (Fsp3) is 0.222. The van der Waals surface area contributed by atoms with Crippen LogP contribution in [0.1, 0.15) is 18.5 Å². The molecule has 1 aliphatic rings. The summed E-state index contributed by atoms with van der Waals surface area (Å²) in [5, 5.41) is 0. The van der Waals surface area contributed by atoms with Crippen molar-refractivity contribution in [1.82, 2.24) is 0 Å². The first kappa shape index (κ1) is 16.0. The Labute approximate surface area is 138 Å². The molecule has 3 rings (SSSR count). The van der Waals surface area contributed by atoms with E-state index in [9.17, 15) is 14.0 Å². The number of rotatable bonds is 4. The third-order valence-electron chi connectivity index (χ3n) is 3.91. The van der Waals surface area contributed by atoms with Crippen LogP contribution >= 0.6 is 0 Å². The smallest absolute Gasteiger partial charge is 0.303 e. The standard InChI is InChI=1S/C18H16FNO4/c1-11(21)24-17-16(14-5-3-4-6-15(14)19)20(18(17)22)12-7-9-13(23-2)10-8-12/h3-10,16-17H,1-2H3/t16-,17+/m1/s1. The molecule has 0 N–H and O–H groups in total. The molecule has 0 saturated carbocycles. The molecule has 1 amide bonds. The highest BCUT2D eigenvalue weighted by atomic mass is 19.1. The van der Waals surface area contributed by atoms with Gasteiger partial charge in [-0.2, -0.15) is 0 Å². The first-order valence-corrected chi connectivity index (χ1v) is 7.41. The molecule has 0 bridgehead atoms. The Bertz CT molecular complexity index is 775. The van der Waals surface area contributed by atoms with E-state index in [1.54, 1.807) is 49.6 Å². The average Bonchev–Trinajstić information content (AvgIpc) is 2.58. The maximum Gasteiger partial charge on any atom is 0.303 e. The number of hydrogen-bond acceptors (Lipinski definition) is 4. The third-order valence-corrected chi connectivity index (χ3v) is 3.91. The number of hydrogen-bond donors (Lipinski definition) is 0. The molecular weight excluding hydrogens is 313 g/mol. The fourth-order valence-electron chi connectivity index (χ4n) is 2.80. The zero-order chi connectivity index (χ0) is 17.3. The van der Waals surface area contributed by atoms with Crippen molar-refractivity contribution in [3.05, 3.63) is 59.9 Å². The Morgan fingerprint density at radius 3 is 2.38 bits per heavy atom. The van der Waals surface area contributed by atoms with Crippen LogP contribution in [0.5, 0.6) is 5.75 Å². The number of nitrogens with zero attached hydrogens (tertiary/aromatic N) is 1. The molecule has 2 aromatic rings. The van der Waals surface area contributed by atoms with Gasteiger partial charge in [0.25, 0.3) is 5.91 Å². The fourth-order valence-corrected chi connectivity index (χ4v) is 2.80. The summed E-state index contributed by atoms with van der Waals surface area (Å²) in [6.45, 7) is 1.22. The maximum atomic E-state index is 14.2. The molecule has 0 spiro atoms. The van der Waals surface area contributed by atoms with Crippen molar-refractivity contribution in [1.29, 1.82) is 0 Å². The van der Waals surface area contributed by atoms with Gasteiger partial charge in [0, 0.05) is 18.2 Å². The summed E-state index contributed by atoms with van der Waals surface area (Å²) in [5.74, 6) is -0.774. The molecule has 1 aliphatic heterocycles. The van der Waals surface area contributed by atoms with Crippen LogP contribution in [0.2, 0.25) is 0 Å². The van der Waals surface area contributed by atoms with Gasteiger partial charge in [0.05, 0.1) is 7.11 Å². The van der Waals surface area contributed by atoms with Crippen LogP contribution < -0.4 is 9.64 Å². The van der Waals surface area contributed by atoms with E-state index in [1.807, 2.05) is 0 Å². The number of esters is 1. The van der Waals surface area contributed by atoms with Gasteiger partial charge in [0.15, 0.2) is 0 Å². The first-order chi connectivity index (χ1) is 11.5. The Hall–Kier alpha value is -2.89. The Morgan fingerprint density at radius 2 is 1.79 bits per heavy atom. The number of amides is 1. The minimum atomic E-state index is -1.03. The predicted octanol–water partition coefficient (Wildman–Crippen LogP) is 2.85. The van der Waals surface area contributed by atoms with Gasteiger partial charge in [0.2, 0.25) is 6.10 Å². The zero-order valence-corrected chi connectivity index (χ0v) is 13.2. The van der Waals surface area contributed by atoms with Crippen LogP contribution in [0.25, 0.3) is 0 Å². The highest BCUT2D eigenvalue weighted by Crippen LogP contribution is 2.42. The minimum absolute atomic E-state index is 0.305. The van der Waals surface area contributed by atoms with Crippen molar-refractivity contribution >= 4 is 17.6 Å².